The van der Waals surface area contributed by atoms with Gasteiger partial charge in [0.1, 0.15) is 5.76 Å². The number of aryl methyl sites for hydroxylation is 1. The zero-order valence-corrected chi connectivity index (χ0v) is 11.3. The summed E-state index contributed by atoms with van der Waals surface area (Å²) >= 11 is 0. The molecule has 1 aromatic carbocycles. The van der Waals surface area contributed by atoms with Gasteiger partial charge in [-0.1, -0.05) is 17.7 Å². The van der Waals surface area contributed by atoms with Gasteiger partial charge in [-0.3, -0.25) is 4.21 Å². The lowest BCUT2D eigenvalue weighted by molar-refractivity contribution is 0.105. The fourth-order valence-corrected chi connectivity index (χ4v) is 2.85. The highest BCUT2D eigenvalue weighted by Gasteiger charge is 2.16. The number of allylic oxidation sites excluding steroid dienone is 1. The summed E-state index contributed by atoms with van der Waals surface area (Å²) in [7, 11) is -1.06. The summed E-state index contributed by atoms with van der Waals surface area (Å²) in [4.78, 5) is 0.828. The predicted molar refractivity (Wildman–Crippen MR) is 71.7 cm³/mol. The average Bonchev–Trinajstić information content (AvgIpc) is 2.40. The number of aliphatic hydroxyl groups excluding tert-OH is 1. The van der Waals surface area contributed by atoms with Crippen LogP contribution in [0.1, 0.15) is 12.0 Å². The van der Waals surface area contributed by atoms with Gasteiger partial charge in [-0.2, -0.15) is 0 Å². The van der Waals surface area contributed by atoms with Crippen molar-refractivity contribution in [3.63, 3.8) is 0 Å². The SMILES string of the molecule is Cc1ccc(S(=O)CC2=CC[C@@H](CO)CO2)cc1. The number of hydrogen-bond acceptors (Lipinski definition) is 3. The van der Waals surface area contributed by atoms with Crippen LogP contribution in [0.25, 0.3) is 0 Å². The smallest absolute Gasteiger partial charge is 0.105 e. The molecule has 2 rings (SSSR count). The molecule has 1 heterocycles. The molecule has 0 spiro atoms. The fraction of sp³-hybridized carbons (Fsp3) is 0.429. The van der Waals surface area contributed by atoms with Crippen molar-refractivity contribution in [1.82, 2.24) is 0 Å². The molecule has 1 aromatic rings. The predicted octanol–water partition coefficient (Wildman–Crippen LogP) is 2.02. The van der Waals surface area contributed by atoms with Crippen LogP contribution in [0.15, 0.2) is 41.0 Å². The van der Waals surface area contributed by atoms with Gasteiger partial charge in [-0.25, -0.2) is 0 Å². The van der Waals surface area contributed by atoms with Crippen LogP contribution in [-0.2, 0) is 15.5 Å². The molecule has 0 saturated heterocycles. The normalized spacial score (nSPS) is 21.0. The maximum Gasteiger partial charge on any atom is 0.105 e. The second-order valence-corrected chi connectivity index (χ2v) is 6.02. The van der Waals surface area contributed by atoms with Gasteiger partial charge in [0.05, 0.1) is 23.2 Å². The maximum atomic E-state index is 12.1. The number of benzene rings is 1. The lowest BCUT2D eigenvalue weighted by Crippen LogP contribution is -2.19. The first-order chi connectivity index (χ1) is 8.69. The second-order valence-electron chi connectivity index (χ2n) is 4.57. The Bertz CT molecular complexity index is 451. The van der Waals surface area contributed by atoms with E-state index < -0.39 is 10.8 Å². The molecule has 0 aliphatic carbocycles. The van der Waals surface area contributed by atoms with Crippen LogP contribution in [0, 0.1) is 12.8 Å². The zero-order valence-electron chi connectivity index (χ0n) is 10.5. The summed E-state index contributed by atoms with van der Waals surface area (Å²) in [5.41, 5.74) is 1.16. The van der Waals surface area contributed by atoms with Gasteiger partial charge in [-0.05, 0) is 31.6 Å². The van der Waals surface area contributed by atoms with E-state index in [9.17, 15) is 4.21 Å². The lowest BCUT2D eigenvalue weighted by atomic mass is 10.1. The minimum Gasteiger partial charge on any atom is -0.497 e. The van der Waals surface area contributed by atoms with Gasteiger partial charge >= 0.3 is 0 Å². The van der Waals surface area contributed by atoms with E-state index in [2.05, 4.69) is 0 Å². The molecule has 0 bridgehead atoms. The first-order valence-electron chi connectivity index (χ1n) is 6.07. The Morgan fingerprint density at radius 1 is 1.39 bits per heavy atom. The van der Waals surface area contributed by atoms with Crippen molar-refractivity contribution in [2.45, 2.75) is 18.2 Å². The molecule has 2 atom stereocenters. The van der Waals surface area contributed by atoms with Crippen LogP contribution in [0.3, 0.4) is 0 Å². The van der Waals surface area contributed by atoms with Gasteiger partial charge in [0, 0.05) is 17.4 Å². The van der Waals surface area contributed by atoms with E-state index in [4.69, 9.17) is 9.84 Å². The van der Waals surface area contributed by atoms with Gasteiger partial charge in [0.15, 0.2) is 0 Å². The van der Waals surface area contributed by atoms with Crippen LogP contribution in [0.5, 0.6) is 0 Å². The Morgan fingerprint density at radius 2 is 2.11 bits per heavy atom. The molecule has 4 heteroatoms. The summed E-state index contributed by atoms with van der Waals surface area (Å²) in [5, 5.41) is 8.99. The highest BCUT2D eigenvalue weighted by molar-refractivity contribution is 7.85. The van der Waals surface area contributed by atoms with E-state index in [1.165, 1.54) is 0 Å². The highest BCUT2D eigenvalue weighted by atomic mass is 32.2. The van der Waals surface area contributed by atoms with E-state index in [0.29, 0.717) is 12.4 Å². The maximum absolute atomic E-state index is 12.1. The average molecular weight is 266 g/mol. The van der Waals surface area contributed by atoms with E-state index >= 15 is 0 Å². The number of rotatable bonds is 4. The van der Waals surface area contributed by atoms with Crippen molar-refractivity contribution in [3.8, 4) is 0 Å². The molecule has 3 nitrogen and oxygen atoms in total. The summed E-state index contributed by atoms with van der Waals surface area (Å²) in [6.45, 7) is 2.67. The van der Waals surface area contributed by atoms with Gasteiger partial charge in [-0.15, -0.1) is 0 Å². The third-order valence-corrected chi connectivity index (χ3v) is 4.34. The Balaban J connectivity index is 1.96. The molecule has 0 saturated carbocycles. The van der Waals surface area contributed by atoms with Gasteiger partial charge < -0.3 is 9.84 Å². The van der Waals surface area contributed by atoms with Crippen molar-refractivity contribution in [2.24, 2.45) is 5.92 Å². The molecule has 0 fully saturated rings. The molecule has 1 N–H and O–H groups in total. The largest absolute Gasteiger partial charge is 0.497 e. The van der Waals surface area contributed by atoms with Crippen molar-refractivity contribution in [2.75, 3.05) is 19.0 Å². The first kappa shape index (κ1) is 13.3. The minimum absolute atomic E-state index is 0.144. The Hall–Kier alpha value is -1.13. The van der Waals surface area contributed by atoms with Gasteiger partial charge in [0.2, 0.25) is 0 Å². The molecule has 18 heavy (non-hydrogen) atoms. The van der Waals surface area contributed by atoms with E-state index in [1.807, 2.05) is 37.3 Å². The van der Waals surface area contributed by atoms with E-state index in [0.717, 1.165) is 22.6 Å². The lowest BCUT2D eigenvalue weighted by Gasteiger charge is -2.21. The molecular formula is C14H18O3S. The molecule has 0 amide bonds. The summed E-state index contributed by atoms with van der Waals surface area (Å²) in [6, 6.07) is 7.72. The van der Waals surface area contributed by atoms with Crippen LogP contribution in [0.4, 0.5) is 0 Å². The Kier molecular flexibility index (Phi) is 4.55. The Morgan fingerprint density at radius 3 is 2.67 bits per heavy atom. The molecule has 1 aliphatic heterocycles. The van der Waals surface area contributed by atoms with Crippen LogP contribution >= 0.6 is 0 Å². The highest BCUT2D eigenvalue weighted by Crippen LogP contribution is 2.18. The zero-order chi connectivity index (χ0) is 13.0. The number of aliphatic hydroxyl groups is 1. The van der Waals surface area contributed by atoms with Crippen LogP contribution in [-0.4, -0.2) is 28.3 Å². The molecular weight excluding hydrogens is 248 g/mol. The molecule has 1 aliphatic rings. The van der Waals surface area contributed by atoms with Crippen LogP contribution < -0.4 is 0 Å². The number of ether oxygens (including phenoxy) is 1. The van der Waals surface area contributed by atoms with Crippen molar-refractivity contribution < 1.29 is 14.1 Å². The summed E-state index contributed by atoms with van der Waals surface area (Å²) in [6.07, 6.45) is 2.74. The minimum atomic E-state index is -1.06. The fourth-order valence-electron chi connectivity index (χ4n) is 1.78. The van der Waals surface area contributed by atoms with Crippen molar-refractivity contribution >= 4 is 10.8 Å². The topological polar surface area (TPSA) is 46.5 Å². The van der Waals surface area contributed by atoms with Crippen molar-refractivity contribution in [3.05, 3.63) is 41.7 Å². The molecule has 0 radical (unpaired) electrons. The van der Waals surface area contributed by atoms with E-state index in [-0.39, 0.29) is 12.5 Å². The third-order valence-electron chi connectivity index (χ3n) is 3.00. The van der Waals surface area contributed by atoms with Crippen molar-refractivity contribution in [1.29, 1.82) is 0 Å². The van der Waals surface area contributed by atoms with Crippen LogP contribution in [0.2, 0.25) is 0 Å². The molecule has 1 unspecified atom stereocenters. The summed E-state index contributed by atoms with van der Waals surface area (Å²) in [5.74, 6) is 1.38. The van der Waals surface area contributed by atoms with E-state index in [1.54, 1.807) is 0 Å². The monoisotopic (exact) mass is 266 g/mol. The number of hydrogen-bond donors (Lipinski definition) is 1. The Labute approximate surface area is 110 Å². The molecule has 98 valence electrons. The second kappa shape index (κ2) is 6.16. The molecule has 0 aromatic heterocycles. The van der Waals surface area contributed by atoms with Gasteiger partial charge in [0.25, 0.3) is 0 Å². The quantitative estimate of drug-likeness (QED) is 0.907. The first-order valence-corrected chi connectivity index (χ1v) is 7.38. The summed E-state index contributed by atoms with van der Waals surface area (Å²) < 4.78 is 17.6. The third kappa shape index (κ3) is 3.43. The standard InChI is InChI=1S/C14H18O3S/c1-11-2-6-14(7-3-11)18(16)10-13-5-4-12(8-15)9-17-13/h2-3,5-7,12,15H,4,8-10H2,1H3/t12-,18?/m0/s1.